The molecule has 0 spiro atoms. The van der Waals surface area contributed by atoms with Crippen LogP contribution in [0.5, 0.6) is 0 Å². The summed E-state index contributed by atoms with van der Waals surface area (Å²) < 4.78 is 13.1. The lowest BCUT2D eigenvalue weighted by Gasteiger charge is -2.18. The summed E-state index contributed by atoms with van der Waals surface area (Å²) in [5, 5.41) is 2.76. The molecular weight excluding hydrogens is 357 g/mol. The van der Waals surface area contributed by atoms with Gasteiger partial charge in [-0.05, 0) is 60.4 Å². The minimum Gasteiger partial charge on any atom is -0.368 e. The molecule has 0 saturated heterocycles. The average molecular weight is 383 g/mol. The van der Waals surface area contributed by atoms with Crippen molar-refractivity contribution in [3.63, 3.8) is 0 Å². The minimum absolute atomic E-state index is 0.221. The zero-order valence-corrected chi connectivity index (χ0v) is 16.2. The number of hydrogen-bond donors (Lipinski definition) is 2. The Balaban J connectivity index is 1.83. The summed E-state index contributed by atoms with van der Waals surface area (Å²) in [7, 11) is 0. The maximum atomic E-state index is 13.1. The number of pyridine rings is 1. The number of benzene rings is 1. The fraction of sp³-hybridized carbons (Fsp3) is 0.409. The van der Waals surface area contributed by atoms with E-state index in [9.17, 15) is 14.0 Å². The summed E-state index contributed by atoms with van der Waals surface area (Å²) in [6.45, 7) is 3.94. The van der Waals surface area contributed by atoms with Crippen molar-refractivity contribution in [3.8, 4) is 0 Å². The van der Waals surface area contributed by atoms with Gasteiger partial charge in [-0.2, -0.15) is 0 Å². The van der Waals surface area contributed by atoms with Gasteiger partial charge >= 0.3 is 0 Å². The Morgan fingerprint density at radius 1 is 1.18 bits per heavy atom. The van der Waals surface area contributed by atoms with Gasteiger partial charge in [-0.1, -0.05) is 32.0 Å². The van der Waals surface area contributed by atoms with Crippen LogP contribution in [0.25, 0.3) is 0 Å². The number of nitrogens with zero attached hydrogens (tertiary/aromatic N) is 1. The Morgan fingerprint density at radius 3 is 2.43 bits per heavy atom. The van der Waals surface area contributed by atoms with Crippen molar-refractivity contribution in [1.29, 1.82) is 0 Å². The van der Waals surface area contributed by atoms with Gasteiger partial charge in [0.2, 0.25) is 5.91 Å². The van der Waals surface area contributed by atoms with Crippen molar-refractivity contribution >= 4 is 11.8 Å². The molecule has 3 rings (SSSR count). The molecular formula is C22H26FN3O2. The highest BCUT2D eigenvalue weighted by Gasteiger charge is 2.30. The van der Waals surface area contributed by atoms with Gasteiger partial charge in [-0.15, -0.1) is 0 Å². The van der Waals surface area contributed by atoms with Gasteiger partial charge in [0.05, 0.1) is 0 Å². The Morgan fingerprint density at radius 2 is 1.86 bits per heavy atom. The molecule has 5 nitrogen and oxygen atoms in total. The molecule has 1 atom stereocenters. The average Bonchev–Trinajstić information content (AvgIpc) is 3.47. The first-order chi connectivity index (χ1) is 13.3. The first-order valence-electron chi connectivity index (χ1n) is 9.68. The van der Waals surface area contributed by atoms with E-state index in [1.165, 1.54) is 12.1 Å². The second-order valence-corrected chi connectivity index (χ2v) is 7.88. The summed E-state index contributed by atoms with van der Waals surface area (Å²) in [6, 6.07) is 9.36. The number of primary amides is 1. The molecule has 6 heteroatoms. The van der Waals surface area contributed by atoms with Crippen LogP contribution >= 0.6 is 0 Å². The fourth-order valence-corrected chi connectivity index (χ4v) is 3.27. The molecule has 148 valence electrons. The van der Waals surface area contributed by atoms with Crippen molar-refractivity contribution in [3.05, 3.63) is 64.7 Å². The summed E-state index contributed by atoms with van der Waals surface area (Å²) in [5.74, 6) is -0.642. The van der Waals surface area contributed by atoms with Gasteiger partial charge in [0.15, 0.2) is 0 Å². The van der Waals surface area contributed by atoms with E-state index in [1.807, 2.05) is 26.0 Å². The molecule has 0 bridgehead atoms. The van der Waals surface area contributed by atoms with Crippen LogP contribution in [0.1, 0.15) is 66.3 Å². The number of aromatic nitrogens is 1. The second kappa shape index (κ2) is 8.50. The Labute approximate surface area is 164 Å². The number of hydrogen-bond acceptors (Lipinski definition) is 3. The highest BCUT2D eigenvalue weighted by molar-refractivity contribution is 5.97. The van der Waals surface area contributed by atoms with Crippen LogP contribution in [0, 0.1) is 11.7 Å². The third kappa shape index (κ3) is 5.15. The van der Waals surface area contributed by atoms with Crippen LogP contribution in [0.15, 0.2) is 36.4 Å². The van der Waals surface area contributed by atoms with Crippen LogP contribution in [0.4, 0.5) is 4.39 Å². The summed E-state index contributed by atoms with van der Waals surface area (Å²) >= 11 is 0. The van der Waals surface area contributed by atoms with Crippen molar-refractivity contribution in [2.75, 3.05) is 0 Å². The lowest BCUT2D eigenvalue weighted by molar-refractivity contribution is -0.120. The molecule has 1 heterocycles. The highest BCUT2D eigenvalue weighted by Crippen LogP contribution is 2.41. The Kier molecular flexibility index (Phi) is 6.07. The Bertz CT molecular complexity index is 861. The first-order valence-corrected chi connectivity index (χ1v) is 9.68. The monoisotopic (exact) mass is 383 g/mol. The smallest absolute Gasteiger partial charge is 0.270 e. The molecule has 0 aliphatic heterocycles. The molecule has 0 radical (unpaired) electrons. The molecule has 0 unspecified atom stereocenters. The second-order valence-electron chi connectivity index (χ2n) is 7.88. The number of carbonyl (C=O) groups is 2. The molecule has 1 aromatic carbocycles. The highest BCUT2D eigenvalue weighted by atomic mass is 19.1. The maximum Gasteiger partial charge on any atom is 0.270 e. The van der Waals surface area contributed by atoms with Gasteiger partial charge in [0.1, 0.15) is 17.6 Å². The Hall–Kier alpha value is -2.76. The van der Waals surface area contributed by atoms with E-state index in [2.05, 4.69) is 10.3 Å². The maximum absolute atomic E-state index is 13.1. The summed E-state index contributed by atoms with van der Waals surface area (Å²) in [6.07, 6.45) is 3.04. The summed E-state index contributed by atoms with van der Waals surface area (Å²) in [4.78, 5) is 29.2. The number of nitrogens with one attached hydrogen (secondary N) is 1. The third-order valence-corrected chi connectivity index (χ3v) is 4.87. The van der Waals surface area contributed by atoms with Gasteiger partial charge in [0, 0.05) is 12.1 Å². The van der Waals surface area contributed by atoms with Crippen LogP contribution in [-0.4, -0.2) is 22.8 Å². The minimum atomic E-state index is -0.720. The zero-order chi connectivity index (χ0) is 20.3. The molecule has 1 saturated carbocycles. The standard InChI is InChI=1S/C22H26FN3O2/c1-13(2)11-19(21(24)27)26-22(28)20-18(15-5-6-15)10-9-17(25-20)12-14-3-7-16(23)8-4-14/h3-4,7-10,13,15,19H,5-6,11-12H2,1-2H3,(H2,24,27)(H,26,28)/t19-/m0/s1. The van der Waals surface area contributed by atoms with Gasteiger partial charge in [0.25, 0.3) is 5.91 Å². The molecule has 1 aromatic heterocycles. The van der Waals surface area contributed by atoms with E-state index >= 15 is 0 Å². The number of amides is 2. The number of halogens is 1. The molecule has 1 fully saturated rings. The molecule has 3 N–H and O–H groups in total. The quantitative estimate of drug-likeness (QED) is 0.733. The van der Waals surface area contributed by atoms with Crippen molar-refractivity contribution in [1.82, 2.24) is 10.3 Å². The van der Waals surface area contributed by atoms with Crippen LogP contribution in [0.3, 0.4) is 0 Å². The van der Waals surface area contributed by atoms with E-state index in [0.717, 1.165) is 29.7 Å². The predicted molar refractivity (Wildman–Crippen MR) is 105 cm³/mol. The van der Waals surface area contributed by atoms with Crippen LogP contribution < -0.4 is 11.1 Å². The van der Waals surface area contributed by atoms with E-state index in [0.29, 0.717) is 24.5 Å². The SMILES string of the molecule is CC(C)C[C@H](NC(=O)c1nc(Cc2ccc(F)cc2)ccc1C1CC1)C(N)=O. The largest absolute Gasteiger partial charge is 0.368 e. The van der Waals surface area contributed by atoms with Gasteiger partial charge in [-0.3, -0.25) is 9.59 Å². The van der Waals surface area contributed by atoms with E-state index < -0.39 is 11.9 Å². The summed E-state index contributed by atoms with van der Waals surface area (Å²) in [5.41, 5.74) is 8.36. The molecule has 2 amide bonds. The predicted octanol–water partition coefficient (Wildman–Crippen LogP) is 3.32. The van der Waals surface area contributed by atoms with Crippen LogP contribution in [-0.2, 0) is 11.2 Å². The third-order valence-electron chi connectivity index (χ3n) is 4.87. The van der Waals surface area contributed by atoms with Gasteiger partial charge in [-0.25, -0.2) is 9.37 Å². The molecule has 1 aliphatic carbocycles. The van der Waals surface area contributed by atoms with Gasteiger partial charge < -0.3 is 11.1 Å². The lowest BCUT2D eigenvalue weighted by Crippen LogP contribution is -2.45. The fourth-order valence-electron chi connectivity index (χ4n) is 3.27. The van der Waals surface area contributed by atoms with Crippen LogP contribution in [0.2, 0.25) is 0 Å². The topological polar surface area (TPSA) is 85.1 Å². The van der Waals surface area contributed by atoms with E-state index in [1.54, 1.807) is 12.1 Å². The molecule has 1 aliphatic rings. The first kappa shape index (κ1) is 20.0. The van der Waals surface area contributed by atoms with Crippen molar-refractivity contribution in [2.45, 2.75) is 51.5 Å². The number of nitrogens with two attached hydrogens (primary N) is 1. The van der Waals surface area contributed by atoms with Crippen molar-refractivity contribution in [2.24, 2.45) is 11.7 Å². The molecule has 2 aromatic rings. The van der Waals surface area contributed by atoms with E-state index in [-0.39, 0.29) is 17.6 Å². The van der Waals surface area contributed by atoms with Crippen molar-refractivity contribution < 1.29 is 14.0 Å². The number of rotatable bonds is 8. The lowest BCUT2D eigenvalue weighted by atomic mass is 10.0. The normalized spacial score (nSPS) is 14.7. The molecule has 28 heavy (non-hydrogen) atoms. The van der Waals surface area contributed by atoms with E-state index in [4.69, 9.17) is 5.73 Å². The number of carbonyl (C=O) groups excluding carboxylic acids is 2. The zero-order valence-electron chi connectivity index (χ0n) is 16.2.